The largest absolute Gasteiger partial charge is 0.337 e. The van der Waals surface area contributed by atoms with Crippen LogP contribution in [0, 0.1) is 6.92 Å². The second-order valence-electron chi connectivity index (χ2n) is 7.22. The molecular weight excluding hydrogens is 442 g/mol. The van der Waals surface area contributed by atoms with Crippen molar-refractivity contribution in [2.24, 2.45) is 0 Å². The lowest BCUT2D eigenvalue weighted by Gasteiger charge is -2.16. The Kier molecular flexibility index (Phi) is 5.81. The molecule has 0 atom stereocenters. The molecule has 0 aliphatic rings. The van der Waals surface area contributed by atoms with Gasteiger partial charge in [-0.25, -0.2) is 4.68 Å². The van der Waals surface area contributed by atoms with Gasteiger partial charge in [0, 0.05) is 29.8 Å². The van der Waals surface area contributed by atoms with Crippen molar-refractivity contribution in [2.45, 2.75) is 20.0 Å². The molecule has 0 radical (unpaired) electrons. The van der Waals surface area contributed by atoms with Gasteiger partial charge in [-0.2, -0.15) is 10.2 Å². The molecule has 6 nitrogen and oxygen atoms in total. The highest BCUT2D eigenvalue weighted by atomic mass is 79.9. The van der Waals surface area contributed by atoms with Gasteiger partial charge < -0.3 is 4.90 Å². The third-order valence-electron chi connectivity index (χ3n) is 4.95. The summed E-state index contributed by atoms with van der Waals surface area (Å²) in [5, 5.41) is 8.84. The molecular formula is C23H22BrN5O. The predicted octanol–water partition coefficient (Wildman–Crippen LogP) is 4.46. The molecule has 0 fully saturated rings. The Hall–Kier alpha value is -3.19. The first-order valence-electron chi connectivity index (χ1n) is 9.62. The number of rotatable bonds is 6. The van der Waals surface area contributed by atoms with Gasteiger partial charge in [-0.3, -0.25) is 9.48 Å². The van der Waals surface area contributed by atoms with Gasteiger partial charge in [0.2, 0.25) is 0 Å². The number of aromatic nitrogens is 4. The monoisotopic (exact) mass is 463 g/mol. The number of halogens is 1. The molecule has 30 heavy (non-hydrogen) atoms. The maximum Gasteiger partial charge on any atom is 0.257 e. The fraction of sp³-hybridized carbons (Fsp3) is 0.174. The van der Waals surface area contributed by atoms with Crippen LogP contribution in [0.5, 0.6) is 0 Å². The predicted molar refractivity (Wildman–Crippen MR) is 120 cm³/mol. The minimum atomic E-state index is -0.0633. The molecule has 2 heterocycles. The normalized spacial score (nSPS) is 10.9. The van der Waals surface area contributed by atoms with E-state index in [1.54, 1.807) is 22.8 Å². The van der Waals surface area contributed by atoms with Crippen molar-refractivity contribution in [1.29, 1.82) is 0 Å². The number of hydrogen-bond acceptors (Lipinski definition) is 3. The van der Waals surface area contributed by atoms with Crippen molar-refractivity contribution >= 4 is 21.8 Å². The molecule has 2 aromatic carbocycles. The standard InChI is InChI=1S/C23H22BrN5O/c1-17-22(13-26-29(17)21-10-8-20(24)9-11-21)23(30)27(2)14-19-12-25-28(16-19)15-18-6-4-3-5-7-18/h3-13,16H,14-15H2,1-2H3. The van der Waals surface area contributed by atoms with E-state index in [-0.39, 0.29) is 5.91 Å². The SMILES string of the molecule is Cc1c(C(=O)N(C)Cc2cnn(Cc3ccccc3)c2)cnn1-c1ccc(Br)cc1. The molecule has 0 bridgehead atoms. The maximum absolute atomic E-state index is 13.0. The van der Waals surface area contributed by atoms with E-state index in [0.29, 0.717) is 18.7 Å². The minimum Gasteiger partial charge on any atom is -0.337 e. The van der Waals surface area contributed by atoms with Gasteiger partial charge in [0.05, 0.1) is 35.9 Å². The van der Waals surface area contributed by atoms with E-state index in [1.165, 1.54) is 5.56 Å². The van der Waals surface area contributed by atoms with Gasteiger partial charge in [-0.05, 0) is 36.8 Å². The van der Waals surface area contributed by atoms with Crippen LogP contribution >= 0.6 is 15.9 Å². The minimum absolute atomic E-state index is 0.0633. The maximum atomic E-state index is 13.0. The zero-order valence-electron chi connectivity index (χ0n) is 16.9. The molecule has 4 aromatic rings. The van der Waals surface area contributed by atoms with Crippen LogP contribution < -0.4 is 0 Å². The van der Waals surface area contributed by atoms with E-state index in [2.05, 4.69) is 38.3 Å². The average molecular weight is 464 g/mol. The van der Waals surface area contributed by atoms with Crippen LogP contribution in [0.25, 0.3) is 5.69 Å². The Balaban J connectivity index is 1.45. The fourth-order valence-electron chi connectivity index (χ4n) is 3.36. The molecule has 2 aromatic heterocycles. The van der Waals surface area contributed by atoms with E-state index < -0.39 is 0 Å². The van der Waals surface area contributed by atoms with Crippen LogP contribution in [0.4, 0.5) is 0 Å². The van der Waals surface area contributed by atoms with Crippen LogP contribution in [-0.2, 0) is 13.1 Å². The van der Waals surface area contributed by atoms with Gasteiger partial charge in [0.1, 0.15) is 0 Å². The van der Waals surface area contributed by atoms with Crippen LogP contribution in [0.1, 0.15) is 27.2 Å². The number of hydrogen-bond donors (Lipinski definition) is 0. The Labute approximate surface area is 183 Å². The van der Waals surface area contributed by atoms with Crippen molar-refractivity contribution in [3.63, 3.8) is 0 Å². The van der Waals surface area contributed by atoms with E-state index in [0.717, 1.165) is 21.4 Å². The number of nitrogens with zero attached hydrogens (tertiary/aromatic N) is 5. The zero-order chi connectivity index (χ0) is 21.1. The molecule has 1 amide bonds. The van der Waals surface area contributed by atoms with Crippen LogP contribution in [0.3, 0.4) is 0 Å². The smallest absolute Gasteiger partial charge is 0.257 e. The van der Waals surface area contributed by atoms with Gasteiger partial charge in [0.25, 0.3) is 5.91 Å². The zero-order valence-corrected chi connectivity index (χ0v) is 18.5. The third-order valence-corrected chi connectivity index (χ3v) is 5.48. The summed E-state index contributed by atoms with van der Waals surface area (Å²) in [6.45, 7) is 3.10. The van der Waals surface area contributed by atoms with Crippen LogP contribution in [0.2, 0.25) is 0 Å². The molecule has 152 valence electrons. The molecule has 4 rings (SSSR count). The first kappa shape index (κ1) is 20.1. The summed E-state index contributed by atoms with van der Waals surface area (Å²) in [5.74, 6) is -0.0633. The molecule has 0 saturated heterocycles. The molecule has 0 spiro atoms. The van der Waals surface area contributed by atoms with Crippen molar-refractivity contribution in [3.8, 4) is 5.69 Å². The van der Waals surface area contributed by atoms with Crippen molar-refractivity contribution < 1.29 is 4.79 Å². The van der Waals surface area contributed by atoms with E-state index in [1.807, 2.05) is 66.5 Å². The second kappa shape index (κ2) is 8.67. The van der Waals surface area contributed by atoms with Crippen LogP contribution in [-0.4, -0.2) is 37.4 Å². The first-order chi connectivity index (χ1) is 14.5. The van der Waals surface area contributed by atoms with Crippen molar-refractivity contribution in [2.75, 3.05) is 7.05 Å². The van der Waals surface area contributed by atoms with Crippen molar-refractivity contribution in [3.05, 3.63) is 100 Å². The highest BCUT2D eigenvalue weighted by molar-refractivity contribution is 9.10. The molecule has 0 N–H and O–H groups in total. The summed E-state index contributed by atoms with van der Waals surface area (Å²) >= 11 is 3.44. The molecule has 0 unspecified atom stereocenters. The lowest BCUT2D eigenvalue weighted by atomic mass is 10.2. The Morgan fingerprint density at radius 3 is 2.47 bits per heavy atom. The highest BCUT2D eigenvalue weighted by Gasteiger charge is 2.19. The molecule has 0 aliphatic carbocycles. The van der Waals surface area contributed by atoms with E-state index in [4.69, 9.17) is 0 Å². The summed E-state index contributed by atoms with van der Waals surface area (Å²) in [6.07, 6.45) is 5.43. The van der Waals surface area contributed by atoms with Gasteiger partial charge >= 0.3 is 0 Å². The molecule has 0 saturated carbocycles. The van der Waals surface area contributed by atoms with E-state index in [9.17, 15) is 4.79 Å². The number of carbonyl (C=O) groups excluding carboxylic acids is 1. The number of carbonyl (C=O) groups is 1. The summed E-state index contributed by atoms with van der Waals surface area (Å²) in [5.41, 5.74) is 4.50. The average Bonchev–Trinajstić information content (AvgIpc) is 3.35. The molecule has 7 heteroatoms. The van der Waals surface area contributed by atoms with Gasteiger partial charge in [-0.15, -0.1) is 0 Å². The fourth-order valence-corrected chi connectivity index (χ4v) is 3.62. The van der Waals surface area contributed by atoms with Crippen molar-refractivity contribution in [1.82, 2.24) is 24.5 Å². The number of amides is 1. The molecule has 0 aliphatic heterocycles. The van der Waals surface area contributed by atoms with E-state index >= 15 is 0 Å². The highest BCUT2D eigenvalue weighted by Crippen LogP contribution is 2.19. The summed E-state index contributed by atoms with van der Waals surface area (Å²) in [6, 6.07) is 18.0. The lowest BCUT2D eigenvalue weighted by molar-refractivity contribution is 0.0784. The topological polar surface area (TPSA) is 56.0 Å². The number of benzene rings is 2. The van der Waals surface area contributed by atoms with Gasteiger partial charge in [-0.1, -0.05) is 46.3 Å². The lowest BCUT2D eigenvalue weighted by Crippen LogP contribution is -2.26. The summed E-state index contributed by atoms with van der Waals surface area (Å²) < 4.78 is 4.67. The second-order valence-corrected chi connectivity index (χ2v) is 8.14. The summed E-state index contributed by atoms with van der Waals surface area (Å²) in [7, 11) is 1.80. The Bertz CT molecular complexity index is 1150. The van der Waals surface area contributed by atoms with Gasteiger partial charge in [0.15, 0.2) is 0 Å². The quantitative estimate of drug-likeness (QED) is 0.424. The third kappa shape index (κ3) is 4.36. The Morgan fingerprint density at radius 1 is 1.00 bits per heavy atom. The van der Waals surface area contributed by atoms with Crippen LogP contribution in [0.15, 0.2) is 77.7 Å². The first-order valence-corrected chi connectivity index (χ1v) is 10.4. The summed E-state index contributed by atoms with van der Waals surface area (Å²) in [4.78, 5) is 14.7. The Morgan fingerprint density at radius 2 is 1.73 bits per heavy atom.